The van der Waals surface area contributed by atoms with Gasteiger partial charge in [0, 0.05) is 5.56 Å². The molecular formula is C18H21NO2. The third-order valence-electron chi connectivity index (χ3n) is 4.05. The fourth-order valence-electron chi connectivity index (χ4n) is 2.96. The van der Waals surface area contributed by atoms with Crippen molar-refractivity contribution in [3.8, 4) is 5.75 Å². The van der Waals surface area contributed by atoms with E-state index in [2.05, 4.69) is 25.2 Å². The molecule has 110 valence electrons. The summed E-state index contributed by atoms with van der Waals surface area (Å²) in [6.45, 7) is 4.20. The minimum Gasteiger partial charge on any atom is -0.486 e. The first-order valence-corrected chi connectivity index (χ1v) is 7.31. The minimum atomic E-state index is -0.341. The summed E-state index contributed by atoms with van der Waals surface area (Å²) in [5.41, 5.74) is 1.89. The van der Waals surface area contributed by atoms with Gasteiger partial charge >= 0.3 is 0 Å². The SMILES string of the molecule is CC1(C)Oc2ccccc2C1NC(CO)c1ccccc1. The maximum absolute atomic E-state index is 9.75. The highest BCUT2D eigenvalue weighted by atomic mass is 16.5. The molecule has 2 unspecified atom stereocenters. The fourth-order valence-corrected chi connectivity index (χ4v) is 2.96. The molecule has 2 aromatic carbocycles. The Balaban J connectivity index is 1.89. The number of ether oxygens (including phenoxy) is 1. The van der Waals surface area contributed by atoms with Crippen LogP contribution in [0.3, 0.4) is 0 Å². The second-order valence-corrected chi connectivity index (χ2v) is 5.99. The minimum absolute atomic E-state index is 0.0473. The summed E-state index contributed by atoms with van der Waals surface area (Å²) in [4.78, 5) is 0. The zero-order valence-corrected chi connectivity index (χ0v) is 12.4. The predicted octanol–water partition coefficient (Wildman–Crippen LogP) is 3.22. The standard InChI is InChI=1S/C18H21NO2/c1-18(2)17(14-10-6-7-11-16(14)21-18)19-15(12-20)13-8-4-3-5-9-13/h3-11,15,17,19-20H,12H2,1-2H3. The molecule has 0 amide bonds. The normalized spacial score (nSPS) is 20.6. The number of hydrogen-bond donors (Lipinski definition) is 2. The lowest BCUT2D eigenvalue weighted by atomic mass is 9.93. The molecule has 0 fully saturated rings. The van der Waals surface area contributed by atoms with Crippen LogP contribution in [-0.2, 0) is 0 Å². The summed E-state index contributed by atoms with van der Waals surface area (Å²) in [6.07, 6.45) is 0. The highest BCUT2D eigenvalue weighted by molar-refractivity contribution is 5.42. The lowest BCUT2D eigenvalue weighted by molar-refractivity contribution is 0.0847. The number of aliphatic hydroxyl groups excluding tert-OH is 1. The van der Waals surface area contributed by atoms with Crippen molar-refractivity contribution in [3.05, 3.63) is 65.7 Å². The zero-order valence-electron chi connectivity index (χ0n) is 12.4. The van der Waals surface area contributed by atoms with E-state index in [1.54, 1.807) is 0 Å². The van der Waals surface area contributed by atoms with Crippen LogP contribution < -0.4 is 10.1 Å². The number of hydrogen-bond acceptors (Lipinski definition) is 3. The van der Waals surface area contributed by atoms with E-state index in [1.807, 2.05) is 48.5 Å². The number of para-hydroxylation sites is 1. The Morgan fingerprint density at radius 2 is 1.76 bits per heavy atom. The van der Waals surface area contributed by atoms with E-state index in [9.17, 15) is 5.11 Å². The molecule has 1 heterocycles. The number of rotatable bonds is 4. The zero-order chi connectivity index (χ0) is 14.9. The first-order chi connectivity index (χ1) is 10.1. The Labute approximate surface area is 125 Å². The van der Waals surface area contributed by atoms with Gasteiger partial charge in [-0.2, -0.15) is 0 Å². The van der Waals surface area contributed by atoms with E-state index in [0.717, 1.165) is 16.9 Å². The van der Waals surface area contributed by atoms with Crippen molar-refractivity contribution in [1.29, 1.82) is 0 Å². The van der Waals surface area contributed by atoms with Crippen molar-refractivity contribution in [2.75, 3.05) is 6.61 Å². The van der Waals surface area contributed by atoms with E-state index >= 15 is 0 Å². The van der Waals surface area contributed by atoms with Gasteiger partial charge in [0.2, 0.25) is 0 Å². The van der Waals surface area contributed by atoms with E-state index in [0.29, 0.717) is 0 Å². The summed E-state index contributed by atoms with van der Waals surface area (Å²) in [5, 5.41) is 13.3. The Morgan fingerprint density at radius 3 is 2.48 bits per heavy atom. The molecule has 0 aromatic heterocycles. The molecule has 0 saturated heterocycles. The van der Waals surface area contributed by atoms with Gasteiger partial charge in [-0.05, 0) is 25.5 Å². The molecule has 21 heavy (non-hydrogen) atoms. The van der Waals surface area contributed by atoms with Gasteiger partial charge in [0.1, 0.15) is 11.4 Å². The molecule has 3 nitrogen and oxygen atoms in total. The Morgan fingerprint density at radius 1 is 1.10 bits per heavy atom. The summed E-state index contributed by atoms with van der Waals surface area (Å²) >= 11 is 0. The molecular weight excluding hydrogens is 262 g/mol. The monoisotopic (exact) mass is 283 g/mol. The van der Waals surface area contributed by atoms with Gasteiger partial charge < -0.3 is 9.84 Å². The smallest absolute Gasteiger partial charge is 0.125 e. The Bertz CT molecular complexity index is 610. The quantitative estimate of drug-likeness (QED) is 0.905. The van der Waals surface area contributed by atoms with Gasteiger partial charge in [-0.15, -0.1) is 0 Å². The predicted molar refractivity (Wildman–Crippen MR) is 83.3 cm³/mol. The number of aliphatic hydroxyl groups is 1. The fraction of sp³-hybridized carbons (Fsp3) is 0.333. The molecule has 1 aliphatic rings. The van der Waals surface area contributed by atoms with E-state index in [4.69, 9.17) is 4.74 Å². The maximum Gasteiger partial charge on any atom is 0.125 e. The summed E-state index contributed by atoms with van der Waals surface area (Å²) in [6, 6.07) is 18.1. The molecule has 0 radical (unpaired) electrons. The van der Waals surface area contributed by atoms with Crippen molar-refractivity contribution in [2.24, 2.45) is 0 Å². The molecule has 0 bridgehead atoms. The van der Waals surface area contributed by atoms with Crippen LogP contribution >= 0.6 is 0 Å². The van der Waals surface area contributed by atoms with Crippen LogP contribution in [0, 0.1) is 0 Å². The summed E-state index contributed by atoms with van der Waals surface area (Å²) in [7, 11) is 0. The summed E-state index contributed by atoms with van der Waals surface area (Å²) in [5.74, 6) is 0.921. The van der Waals surface area contributed by atoms with Gasteiger partial charge in [-0.1, -0.05) is 48.5 Å². The van der Waals surface area contributed by atoms with Crippen LogP contribution in [0.15, 0.2) is 54.6 Å². The first-order valence-electron chi connectivity index (χ1n) is 7.31. The third kappa shape index (κ3) is 2.67. The van der Waals surface area contributed by atoms with Crippen molar-refractivity contribution in [3.63, 3.8) is 0 Å². The Hall–Kier alpha value is -1.84. The second-order valence-electron chi connectivity index (χ2n) is 5.99. The Kier molecular flexibility index (Phi) is 3.70. The van der Waals surface area contributed by atoms with Crippen LogP contribution in [0.5, 0.6) is 5.75 Å². The lowest BCUT2D eigenvalue weighted by Gasteiger charge is -2.30. The van der Waals surface area contributed by atoms with Crippen LogP contribution in [0.1, 0.15) is 37.1 Å². The molecule has 1 aliphatic heterocycles. The molecule has 0 aliphatic carbocycles. The van der Waals surface area contributed by atoms with Crippen molar-refractivity contribution in [1.82, 2.24) is 5.32 Å². The van der Waals surface area contributed by atoms with Crippen molar-refractivity contribution in [2.45, 2.75) is 31.5 Å². The van der Waals surface area contributed by atoms with Crippen molar-refractivity contribution >= 4 is 0 Å². The van der Waals surface area contributed by atoms with Gasteiger partial charge in [0.05, 0.1) is 18.7 Å². The van der Waals surface area contributed by atoms with Crippen LogP contribution in [0.4, 0.5) is 0 Å². The van der Waals surface area contributed by atoms with E-state index in [1.165, 1.54) is 0 Å². The molecule has 0 saturated carbocycles. The molecule has 2 atom stereocenters. The van der Waals surface area contributed by atoms with Crippen molar-refractivity contribution < 1.29 is 9.84 Å². The molecule has 2 aromatic rings. The first kappa shape index (κ1) is 14.1. The van der Waals surface area contributed by atoms with E-state index in [-0.39, 0.29) is 24.3 Å². The topological polar surface area (TPSA) is 41.5 Å². The van der Waals surface area contributed by atoms with Gasteiger partial charge in [-0.25, -0.2) is 0 Å². The molecule has 3 heteroatoms. The molecule has 2 N–H and O–H groups in total. The third-order valence-corrected chi connectivity index (χ3v) is 4.05. The van der Waals surface area contributed by atoms with Gasteiger partial charge in [-0.3, -0.25) is 5.32 Å². The highest BCUT2D eigenvalue weighted by Crippen LogP contribution is 2.43. The number of nitrogens with one attached hydrogen (secondary N) is 1. The average Bonchev–Trinajstić information content (AvgIpc) is 2.75. The highest BCUT2D eigenvalue weighted by Gasteiger charge is 2.41. The van der Waals surface area contributed by atoms with Crippen LogP contribution in [0.25, 0.3) is 0 Å². The van der Waals surface area contributed by atoms with Crippen LogP contribution in [0.2, 0.25) is 0 Å². The number of fused-ring (bicyclic) bond motifs is 1. The van der Waals surface area contributed by atoms with E-state index < -0.39 is 0 Å². The van der Waals surface area contributed by atoms with Gasteiger partial charge in [0.25, 0.3) is 0 Å². The maximum atomic E-state index is 9.75. The molecule has 0 spiro atoms. The van der Waals surface area contributed by atoms with Crippen LogP contribution in [-0.4, -0.2) is 17.3 Å². The number of benzene rings is 2. The average molecular weight is 283 g/mol. The van der Waals surface area contributed by atoms with Gasteiger partial charge in [0.15, 0.2) is 0 Å². The largest absolute Gasteiger partial charge is 0.486 e. The lowest BCUT2D eigenvalue weighted by Crippen LogP contribution is -2.41. The molecule has 3 rings (SSSR count). The summed E-state index contributed by atoms with van der Waals surface area (Å²) < 4.78 is 6.04. The second kappa shape index (κ2) is 5.51.